The van der Waals surface area contributed by atoms with Crippen LogP contribution < -0.4 is 0 Å². The van der Waals surface area contributed by atoms with Crippen molar-refractivity contribution >= 4 is 34.2 Å². The zero-order chi connectivity index (χ0) is 16.8. The third kappa shape index (κ3) is 2.36. The first-order chi connectivity index (χ1) is 12.3. The van der Waals surface area contributed by atoms with Crippen molar-refractivity contribution in [2.45, 2.75) is 0 Å². The Bertz CT molecular complexity index is 1140. The van der Waals surface area contributed by atoms with Crippen LogP contribution in [0, 0.1) is 0 Å². The molecule has 0 bridgehead atoms. The number of hydrogen-bond acceptors (Lipinski definition) is 1. The standard InChI is InChI=1S/C23H14ClN/c24-17-11-9-15(10-12-17)13-20-18-6-2-3-7-19(18)23-21(20)14-16-5-1-4-8-22(16)25-23/h1-14H. The molecule has 1 aliphatic rings. The van der Waals surface area contributed by atoms with Gasteiger partial charge in [-0.2, -0.15) is 0 Å². The molecule has 0 aliphatic heterocycles. The molecule has 0 saturated heterocycles. The Hall–Kier alpha value is -2.90. The average molecular weight is 340 g/mol. The summed E-state index contributed by atoms with van der Waals surface area (Å²) in [4.78, 5) is 4.94. The number of rotatable bonds is 1. The van der Waals surface area contributed by atoms with Crippen LogP contribution in [-0.2, 0) is 0 Å². The van der Waals surface area contributed by atoms with Crippen LogP contribution in [0.1, 0.15) is 16.7 Å². The molecule has 25 heavy (non-hydrogen) atoms. The lowest BCUT2D eigenvalue weighted by atomic mass is 10.0. The summed E-state index contributed by atoms with van der Waals surface area (Å²) in [6, 6.07) is 26.9. The predicted molar refractivity (Wildman–Crippen MR) is 106 cm³/mol. The van der Waals surface area contributed by atoms with Crippen molar-refractivity contribution in [2.24, 2.45) is 0 Å². The Morgan fingerprint density at radius 1 is 0.720 bits per heavy atom. The number of aromatic nitrogens is 1. The van der Waals surface area contributed by atoms with Gasteiger partial charge in [-0.1, -0.05) is 66.2 Å². The summed E-state index contributed by atoms with van der Waals surface area (Å²) < 4.78 is 0. The van der Waals surface area contributed by atoms with Crippen molar-refractivity contribution in [1.82, 2.24) is 4.98 Å². The SMILES string of the molecule is Clc1ccc(C=C2c3ccccc3-c3nc4ccccc4cc32)cc1. The van der Waals surface area contributed by atoms with Crippen LogP contribution in [-0.4, -0.2) is 4.98 Å². The minimum absolute atomic E-state index is 0.752. The first-order valence-electron chi connectivity index (χ1n) is 8.27. The van der Waals surface area contributed by atoms with Crippen molar-refractivity contribution in [3.8, 4) is 11.3 Å². The number of hydrogen-bond donors (Lipinski definition) is 0. The zero-order valence-electron chi connectivity index (χ0n) is 13.4. The topological polar surface area (TPSA) is 12.9 Å². The van der Waals surface area contributed by atoms with Gasteiger partial charge in [0.05, 0.1) is 11.2 Å². The van der Waals surface area contributed by atoms with Gasteiger partial charge in [-0.05, 0) is 47.0 Å². The molecule has 0 atom stereocenters. The van der Waals surface area contributed by atoms with Gasteiger partial charge in [-0.3, -0.25) is 0 Å². The number of pyridine rings is 1. The summed E-state index contributed by atoms with van der Waals surface area (Å²) in [5.41, 5.74) is 8.06. The van der Waals surface area contributed by atoms with Crippen LogP contribution in [0.3, 0.4) is 0 Å². The molecule has 0 N–H and O–H groups in total. The molecule has 118 valence electrons. The van der Waals surface area contributed by atoms with Gasteiger partial charge in [-0.25, -0.2) is 4.98 Å². The molecule has 0 radical (unpaired) electrons. The Morgan fingerprint density at radius 3 is 2.28 bits per heavy atom. The van der Waals surface area contributed by atoms with Gasteiger partial charge in [0.2, 0.25) is 0 Å². The van der Waals surface area contributed by atoms with E-state index < -0.39 is 0 Å². The van der Waals surface area contributed by atoms with Crippen LogP contribution in [0.25, 0.3) is 33.8 Å². The van der Waals surface area contributed by atoms with Crippen molar-refractivity contribution in [3.63, 3.8) is 0 Å². The fraction of sp³-hybridized carbons (Fsp3) is 0. The van der Waals surface area contributed by atoms with Crippen LogP contribution >= 0.6 is 11.6 Å². The van der Waals surface area contributed by atoms with E-state index in [4.69, 9.17) is 16.6 Å². The second kappa shape index (κ2) is 5.58. The maximum Gasteiger partial charge on any atom is 0.0794 e. The molecule has 0 fully saturated rings. The quantitative estimate of drug-likeness (QED) is 0.341. The largest absolute Gasteiger partial charge is 0.247 e. The van der Waals surface area contributed by atoms with Crippen LogP contribution in [0.15, 0.2) is 78.9 Å². The average Bonchev–Trinajstić information content (AvgIpc) is 2.95. The highest BCUT2D eigenvalue weighted by Gasteiger charge is 2.24. The Balaban J connectivity index is 1.80. The molecule has 1 nitrogen and oxygen atoms in total. The van der Waals surface area contributed by atoms with E-state index in [1.807, 2.05) is 30.3 Å². The van der Waals surface area contributed by atoms with Gasteiger partial charge in [0, 0.05) is 21.5 Å². The summed E-state index contributed by atoms with van der Waals surface area (Å²) >= 11 is 6.03. The monoisotopic (exact) mass is 339 g/mol. The number of benzene rings is 3. The Labute approximate surface area is 151 Å². The van der Waals surface area contributed by atoms with E-state index in [-0.39, 0.29) is 0 Å². The summed E-state index contributed by atoms with van der Waals surface area (Å²) in [6.07, 6.45) is 2.22. The van der Waals surface area contributed by atoms with E-state index in [1.54, 1.807) is 0 Å². The minimum atomic E-state index is 0.752. The molecular weight excluding hydrogens is 326 g/mol. The molecule has 0 unspecified atom stereocenters. The number of fused-ring (bicyclic) bond motifs is 4. The lowest BCUT2D eigenvalue weighted by Gasteiger charge is -2.05. The van der Waals surface area contributed by atoms with Gasteiger partial charge in [0.1, 0.15) is 0 Å². The van der Waals surface area contributed by atoms with Gasteiger partial charge >= 0.3 is 0 Å². The minimum Gasteiger partial charge on any atom is -0.247 e. The van der Waals surface area contributed by atoms with Crippen molar-refractivity contribution in [1.29, 1.82) is 0 Å². The van der Waals surface area contributed by atoms with E-state index in [0.29, 0.717) is 0 Å². The highest BCUT2D eigenvalue weighted by molar-refractivity contribution is 6.30. The summed E-state index contributed by atoms with van der Waals surface area (Å²) in [5.74, 6) is 0. The molecule has 3 aromatic carbocycles. The van der Waals surface area contributed by atoms with Crippen molar-refractivity contribution in [3.05, 3.63) is 101 Å². The third-order valence-electron chi connectivity index (χ3n) is 4.67. The number of para-hydroxylation sites is 1. The van der Waals surface area contributed by atoms with E-state index in [9.17, 15) is 0 Å². The molecule has 0 saturated carbocycles. The molecule has 4 aromatic rings. The first kappa shape index (κ1) is 14.4. The normalized spacial score (nSPS) is 13.9. The lowest BCUT2D eigenvalue weighted by Crippen LogP contribution is -1.87. The fourth-order valence-electron chi connectivity index (χ4n) is 3.48. The third-order valence-corrected chi connectivity index (χ3v) is 4.92. The van der Waals surface area contributed by atoms with Gasteiger partial charge in [0.25, 0.3) is 0 Å². The van der Waals surface area contributed by atoms with Gasteiger partial charge in [-0.15, -0.1) is 0 Å². The van der Waals surface area contributed by atoms with E-state index in [1.165, 1.54) is 22.3 Å². The second-order valence-electron chi connectivity index (χ2n) is 6.23. The molecule has 1 aromatic heterocycles. The molecule has 1 heterocycles. The van der Waals surface area contributed by atoms with E-state index in [0.717, 1.165) is 27.2 Å². The first-order valence-corrected chi connectivity index (χ1v) is 8.64. The van der Waals surface area contributed by atoms with Gasteiger partial charge in [0.15, 0.2) is 0 Å². The number of halogens is 1. The molecule has 0 spiro atoms. The smallest absolute Gasteiger partial charge is 0.0794 e. The zero-order valence-corrected chi connectivity index (χ0v) is 14.2. The van der Waals surface area contributed by atoms with Crippen LogP contribution in [0.4, 0.5) is 0 Å². The van der Waals surface area contributed by atoms with E-state index in [2.05, 4.69) is 54.6 Å². The van der Waals surface area contributed by atoms with Crippen LogP contribution in [0.2, 0.25) is 5.02 Å². The van der Waals surface area contributed by atoms with Gasteiger partial charge < -0.3 is 0 Å². The maximum absolute atomic E-state index is 6.03. The Kier molecular flexibility index (Phi) is 3.22. The van der Waals surface area contributed by atoms with Crippen molar-refractivity contribution < 1.29 is 0 Å². The fourth-order valence-corrected chi connectivity index (χ4v) is 3.60. The van der Waals surface area contributed by atoms with Crippen molar-refractivity contribution in [2.75, 3.05) is 0 Å². The molecular formula is C23H14ClN. The predicted octanol–water partition coefficient (Wildman–Crippen LogP) is 6.46. The highest BCUT2D eigenvalue weighted by Crippen LogP contribution is 2.44. The van der Waals surface area contributed by atoms with E-state index >= 15 is 0 Å². The summed E-state index contributed by atoms with van der Waals surface area (Å²) in [6.45, 7) is 0. The molecule has 0 amide bonds. The lowest BCUT2D eigenvalue weighted by molar-refractivity contribution is 1.40. The second-order valence-corrected chi connectivity index (χ2v) is 6.67. The molecule has 1 aliphatic carbocycles. The summed E-state index contributed by atoms with van der Waals surface area (Å²) in [5, 5.41) is 1.91. The number of nitrogens with zero attached hydrogens (tertiary/aromatic N) is 1. The van der Waals surface area contributed by atoms with Crippen LogP contribution in [0.5, 0.6) is 0 Å². The Morgan fingerprint density at radius 2 is 1.44 bits per heavy atom. The molecule has 2 heteroatoms. The molecule has 5 rings (SSSR count). The summed E-state index contributed by atoms with van der Waals surface area (Å²) in [7, 11) is 0. The highest BCUT2D eigenvalue weighted by atomic mass is 35.5. The maximum atomic E-state index is 6.03.